The number of hydrogen-bond acceptors (Lipinski definition) is 0. The van der Waals surface area contributed by atoms with Gasteiger partial charge in [-0.2, -0.15) is 0 Å². The second kappa shape index (κ2) is 5.55. The van der Waals surface area contributed by atoms with Gasteiger partial charge >= 0.3 is 0 Å². The average molecular weight is 290 g/mol. The number of benzene rings is 2. The summed E-state index contributed by atoms with van der Waals surface area (Å²) in [4.78, 5) is 0. The van der Waals surface area contributed by atoms with E-state index in [-0.39, 0.29) is 17.3 Å². The third kappa shape index (κ3) is 2.69. The molecule has 0 aromatic heterocycles. The molecule has 110 valence electrons. The Labute approximate surface area is 122 Å². The highest BCUT2D eigenvalue weighted by molar-refractivity contribution is 5.36. The van der Waals surface area contributed by atoms with Crippen LogP contribution in [0.4, 0.5) is 13.2 Å². The third-order valence-corrected chi connectivity index (χ3v) is 4.35. The summed E-state index contributed by atoms with van der Waals surface area (Å²) in [5.41, 5.74) is 2.77. The van der Waals surface area contributed by atoms with Crippen LogP contribution >= 0.6 is 0 Å². The molecule has 21 heavy (non-hydrogen) atoms. The first-order valence-corrected chi connectivity index (χ1v) is 7.33. The molecular formula is C18H17F3. The van der Waals surface area contributed by atoms with Crippen LogP contribution in [0, 0.1) is 17.5 Å². The van der Waals surface area contributed by atoms with Gasteiger partial charge in [-0.15, -0.1) is 0 Å². The molecule has 0 N–H and O–H groups in total. The van der Waals surface area contributed by atoms with Crippen molar-refractivity contribution >= 4 is 0 Å². The van der Waals surface area contributed by atoms with Crippen LogP contribution in [0.1, 0.15) is 41.5 Å². The maximum atomic E-state index is 14.2. The van der Waals surface area contributed by atoms with E-state index in [0.29, 0.717) is 24.8 Å². The molecule has 0 saturated heterocycles. The molecule has 1 atom stereocenters. The SMILES string of the molecule is CCc1cc(F)c(C2CCc3ccc(F)cc3C2)c(F)c1. The minimum Gasteiger partial charge on any atom is -0.207 e. The Balaban J connectivity index is 1.96. The third-order valence-electron chi connectivity index (χ3n) is 4.35. The second-order valence-electron chi connectivity index (χ2n) is 5.68. The summed E-state index contributed by atoms with van der Waals surface area (Å²) < 4.78 is 41.8. The molecule has 1 unspecified atom stereocenters. The van der Waals surface area contributed by atoms with E-state index in [2.05, 4.69) is 0 Å². The summed E-state index contributed by atoms with van der Waals surface area (Å²) in [7, 11) is 0. The molecule has 0 radical (unpaired) electrons. The summed E-state index contributed by atoms with van der Waals surface area (Å²) >= 11 is 0. The number of halogens is 3. The van der Waals surface area contributed by atoms with Gasteiger partial charge in [0.15, 0.2) is 0 Å². The quantitative estimate of drug-likeness (QED) is 0.735. The Hall–Kier alpha value is -1.77. The fourth-order valence-electron chi connectivity index (χ4n) is 3.20. The molecular weight excluding hydrogens is 273 g/mol. The van der Waals surface area contributed by atoms with Crippen LogP contribution in [0.2, 0.25) is 0 Å². The lowest BCUT2D eigenvalue weighted by Gasteiger charge is -2.26. The minimum absolute atomic E-state index is 0.155. The average Bonchev–Trinajstić information content (AvgIpc) is 2.46. The standard InChI is InChI=1S/C18H17F3/c1-2-11-7-16(20)18(17(21)8-11)13-4-3-12-5-6-15(19)10-14(12)9-13/h5-8,10,13H,2-4,9H2,1H3. The number of rotatable bonds is 2. The molecule has 0 heterocycles. The molecule has 0 fully saturated rings. The van der Waals surface area contributed by atoms with E-state index >= 15 is 0 Å². The predicted molar refractivity (Wildman–Crippen MR) is 76.9 cm³/mol. The molecule has 0 saturated carbocycles. The van der Waals surface area contributed by atoms with Crippen molar-refractivity contribution in [2.75, 3.05) is 0 Å². The van der Waals surface area contributed by atoms with Crippen molar-refractivity contribution in [2.45, 2.75) is 38.5 Å². The van der Waals surface area contributed by atoms with Crippen LogP contribution in [0.25, 0.3) is 0 Å². The molecule has 0 aliphatic heterocycles. The molecule has 0 nitrogen and oxygen atoms in total. The van der Waals surface area contributed by atoms with E-state index in [9.17, 15) is 13.2 Å². The van der Waals surface area contributed by atoms with Crippen molar-refractivity contribution in [2.24, 2.45) is 0 Å². The van der Waals surface area contributed by atoms with E-state index in [1.165, 1.54) is 24.3 Å². The Bertz CT molecular complexity index is 653. The van der Waals surface area contributed by atoms with E-state index in [1.807, 2.05) is 6.92 Å². The topological polar surface area (TPSA) is 0 Å². The molecule has 2 aromatic rings. The van der Waals surface area contributed by atoms with Crippen molar-refractivity contribution < 1.29 is 13.2 Å². The highest BCUT2D eigenvalue weighted by atomic mass is 19.1. The Morgan fingerprint density at radius 1 is 1.00 bits per heavy atom. The zero-order chi connectivity index (χ0) is 15.0. The maximum Gasteiger partial charge on any atom is 0.129 e. The molecule has 2 aromatic carbocycles. The van der Waals surface area contributed by atoms with E-state index in [0.717, 1.165) is 17.5 Å². The second-order valence-corrected chi connectivity index (χ2v) is 5.68. The summed E-state index contributed by atoms with van der Waals surface area (Å²) in [6.45, 7) is 1.87. The lowest BCUT2D eigenvalue weighted by Crippen LogP contribution is -2.16. The lowest BCUT2D eigenvalue weighted by molar-refractivity contribution is 0.488. The Morgan fingerprint density at radius 3 is 2.38 bits per heavy atom. The number of hydrogen-bond donors (Lipinski definition) is 0. The largest absolute Gasteiger partial charge is 0.207 e. The van der Waals surface area contributed by atoms with E-state index in [4.69, 9.17) is 0 Å². The fraction of sp³-hybridized carbons (Fsp3) is 0.333. The Kier molecular flexibility index (Phi) is 3.75. The van der Waals surface area contributed by atoms with Gasteiger partial charge in [-0.05, 0) is 72.6 Å². The van der Waals surface area contributed by atoms with Gasteiger partial charge in [-0.1, -0.05) is 13.0 Å². The molecule has 1 aliphatic rings. The lowest BCUT2D eigenvalue weighted by atomic mass is 9.79. The van der Waals surface area contributed by atoms with Crippen LogP contribution in [0.15, 0.2) is 30.3 Å². The molecule has 0 spiro atoms. The monoisotopic (exact) mass is 290 g/mol. The highest BCUT2D eigenvalue weighted by Crippen LogP contribution is 2.35. The highest BCUT2D eigenvalue weighted by Gasteiger charge is 2.26. The summed E-state index contributed by atoms with van der Waals surface area (Å²) in [6, 6.07) is 7.53. The van der Waals surface area contributed by atoms with Crippen LogP contribution in [-0.4, -0.2) is 0 Å². The Morgan fingerprint density at radius 2 is 1.71 bits per heavy atom. The van der Waals surface area contributed by atoms with E-state index < -0.39 is 11.6 Å². The first-order chi connectivity index (χ1) is 10.1. The van der Waals surface area contributed by atoms with Gasteiger partial charge in [0.25, 0.3) is 0 Å². The van der Waals surface area contributed by atoms with Crippen molar-refractivity contribution in [3.8, 4) is 0 Å². The first kappa shape index (κ1) is 14.2. The van der Waals surface area contributed by atoms with Crippen molar-refractivity contribution in [1.29, 1.82) is 0 Å². The minimum atomic E-state index is -0.475. The zero-order valence-electron chi connectivity index (χ0n) is 11.9. The van der Waals surface area contributed by atoms with Crippen LogP contribution in [0.5, 0.6) is 0 Å². The van der Waals surface area contributed by atoms with E-state index in [1.54, 1.807) is 6.07 Å². The smallest absolute Gasteiger partial charge is 0.129 e. The first-order valence-electron chi connectivity index (χ1n) is 7.33. The van der Waals surface area contributed by atoms with Crippen molar-refractivity contribution in [1.82, 2.24) is 0 Å². The number of fused-ring (bicyclic) bond motifs is 1. The van der Waals surface area contributed by atoms with Gasteiger partial charge in [0.2, 0.25) is 0 Å². The molecule has 0 bridgehead atoms. The molecule has 1 aliphatic carbocycles. The molecule has 3 heteroatoms. The summed E-state index contributed by atoms with van der Waals surface area (Å²) in [5.74, 6) is -1.46. The molecule has 3 rings (SSSR count). The zero-order valence-corrected chi connectivity index (χ0v) is 11.9. The van der Waals surface area contributed by atoms with Gasteiger partial charge in [-0.25, -0.2) is 13.2 Å². The molecule has 0 amide bonds. The normalized spacial score (nSPS) is 17.6. The van der Waals surface area contributed by atoms with Crippen LogP contribution in [-0.2, 0) is 19.3 Å². The van der Waals surface area contributed by atoms with Gasteiger partial charge in [-0.3, -0.25) is 0 Å². The maximum absolute atomic E-state index is 14.2. The van der Waals surface area contributed by atoms with Gasteiger partial charge in [0.05, 0.1) is 0 Å². The fourth-order valence-corrected chi connectivity index (χ4v) is 3.20. The van der Waals surface area contributed by atoms with Crippen molar-refractivity contribution in [3.05, 3.63) is 70.0 Å². The van der Waals surface area contributed by atoms with Gasteiger partial charge < -0.3 is 0 Å². The van der Waals surface area contributed by atoms with Gasteiger partial charge in [0, 0.05) is 5.56 Å². The van der Waals surface area contributed by atoms with Crippen LogP contribution in [0.3, 0.4) is 0 Å². The van der Waals surface area contributed by atoms with Gasteiger partial charge in [0.1, 0.15) is 17.5 Å². The summed E-state index contributed by atoms with van der Waals surface area (Å²) in [5, 5.41) is 0. The van der Waals surface area contributed by atoms with Crippen molar-refractivity contribution in [3.63, 3.8) is 0 Å². The summed E-state index contributed by atoms with van der Waals surface area (Å²) in [6.07, 6.45) is 2.52. The van der Waals surface area contributed by atoms with Crippen LogP contribution < -0.4 is 0 Å². The predicted octanol–water partition coefficient (Wildman–Crippen LogP) is 4.94. The number of aryl methyl sites for hydroxylation is 2.